The van der Waals surface area contributed by atoms with E-state index < -0.39 is 6.35 Å². The molecule has 0 spiro atoms. The second-order valence-corrected chi connectivity index (χ2v) is 10.1. The van der Waals surface area contributed by atoms with Gasteiger partial charge in [0, 0.05) is 18.8 Å². The highest BCUT2D eigenvalue weighted by Gasteiger charge is 2.36. The van der Waals surface area contributed by atoms with E-state index in [9.17, 15) is 5.26 Å². The van der Waals surface area contributed by atoms with E-state index in [2.05, 4.69) is 71.3 Å². The van der Waals surface area contributed by atoms with E-state index in [-0.39, 0.29) is 11.1 Å². The lowest BCUT2D eigenvalue weighted by atomic mass is 9.73. The summed E-state index contributed by atoms with van der Waals surface area (Å²) >= 11 is 5.47. The van der Waals surface area contributed by atoms with E-state index in [1.807, 2.05) is 12.2 Å². The maximum atomic E-state index is 9.51. The lowest BCUT2D eigenvalue weighted by molar-refractivity contribution is -0.404. The molecule has 0 radical (unpaired) electrons. The van der Waals surface area contributed by atoms with Crippen LogP contribution in [0.4, 0.5) is 5.69 Å². The van der Waals surface area contributed by atoms with Crippen LogP contribution in [0, 0.1) is 11.3 Å². The van der Waals surface area contributed by atoms with Gasteiger partial charge in [0.05, 0.1) is 12.2 Å². The number of thiocarbonyl (C=S) groups is 1. The minimum atomic E-state index is -0.400. The lowest BCUT2D eigenvalue weighted by Crippen LogP contribution is -2.60. The molecule has 0 aromatic heterocycles. The van der Waals surface area contributed by atoms with Crippen molar-refractivity contribution >= 4 is 34.7 Å². The monoisotopic (exact) mass is 479 g/mol. The van der Waals surface area contributed by atoms with Crippen molar-refractivity contribution in [1.29, 1.82) is 5.26 Å². The number of allylic oxidation sites excluding steroid dienone is 2. The Balaban J connectivity index is 1.35. The molecule has 5 rings (SSSR count). The lowest BCUT2D eigenvalue weighted by Gasteiger charge is -2.45. The van der Waals surface area contributed by atoms with Gasteiger partial charge >= 0.3 is 0 Å². The summed E-state index contributed by atoms with van der Waals surface area (Å²) in [6.45, 7) is 9.91. The van der Waals surface area contributed by atoms with E-state index >= 15 is 0 Å². The summed E-state index contributed by atoms with van der Waals surface area (Å²) in [7, 11) is 0. The average Bonchev–Trinajstić information content (AvgIpc) is 3.09. The molecule has 34 heavy (non-hydrogen) atoms. The van der Waals surface area contributed by atoms with Crippen molar-refractivity contribution in [3.05, 3.63) is 46.5 Å². The molecular weight excluding hydrogens is 450 g/mol. The Morgan fingerprint density at radius 3 is 2.88 bits per heavy atom. The number of hydrazine groups is 1. The van der Waals surface area contributed by atoms with Gasteiger partial charge in [-0.05, 0) is 59.1 Å². The zero-order valence-corrected chi connectivity index (χ0v) is 20.4. The maximum Gasteiger partial charge on any atom is 0.201 e. The predicted molar refractivity (Wildman–Crippen MR) is 134 cm³/mol. The van der Waals surface area contributed by atoms with E-state index in [1.165, 1.54) is 28.4 Å². The first-order valence-corrected chi connectivity index (χ1v) is 12.0. The van der Waals surface area contributed by atoms with Crippen molar-refractivity contribution in [3.63, 3.8) is 0 Å². The van der Waals surface area contributed by atoms with Crippen LogP contribution >= 0.6 is 12.2 Å². The first kappa shape index (κ1) is 23.1. The van der Waals surface area contributed by atoms with Crippen molar-refractivity contribution in [2.24, 2.45) is 5.10 Å². The van der Waals surface area contributed by atoms with Crippen LogP contribution in [0.3, 0.4) is 0 Å². The highest BCUT2D eigenvalue weighted by Crippen LogP contribution is 2.47. The van der Waals surface area contributed by atoms with Crippen molar-refractivity contribution in [2.45, 2.75) is 51.3 Å². The zero-order chi connectivity index (χ0) is 23.9. The van der Waals surface area contributed by atoms with Gasteiger partial charge in [0.15, 0.2) is 10.7 Å². The van der Waals surface area contributed by atoms with Gasteiger partial charge in [0.1, 0.15) is 6.07 Å². The molecular formula is C24H29N7O2S. The minimum absolute atomic E-state index is 0.145. The summed E-state index contributed by atoms with van der Waals surface area (Å²) in [6.07, 6.45) is 7.75. The first-order chi connectivity index (χ1) is 16.4. The Labute approximate surface area is 204 Å². The van der Waals surface area contributed by atoms with Crippen molar-refractivity contribution < 1.29 is 9.88 Å². The summed E-state index contributed by atoms with van der Waals surface area (Å²) < 4.78 is 0. The molecule has 1 unspecified atom stereocenters. The summed E-state index contributed by atoms with van der Waals surface area (Å²) in [4.78, 5) is 12.8. The highest BCUT2D eigenvalue weighted by atomic mass is 32.1. The molecule has 4 aliphatic rings. The Hall–Kier alpha value is -2.65. The zero-order valence-electron chi connectivity index (χ0n) is 19.6. The van der Waals surface area contributed by atoms with Crippen LogP contribution < -0.4 is 21.1 Å². The van der Waals surface area contributed by atoms with Gasteiger partial charge in [-0.15, -0.1) is 10.1 Å². The number of benzene rings is 1. The van der Waals surface area contributed by atoms with Gasteiger partial charge in [0.25, 0.3) is 0 Å². The summed E-state index contributed by atoms with van der Waals surface area (Å²) in [5.41, 5.74) is 8.84. The molecule has 4 aliphatic heterocycles. The van der Waals surface area contributed by atoms with Crippen LogP contribution in [0.15, 0.2) is 35.0 Å². The first-order valence-electron chi connectivity index (χ1n) is 11.6. The largest absolute Gasteiger partial charge is 0.371 e. The Morgan fingerprint density at radius 1 is 1.32 bits per heavy atom. The van der Waals surface area contributed by atoms with E-state index in [0.29, 0.717) is 23.1 Å². The number of hydrazone groups is 1. The third-order valence-electron chi connectivity index (χ3n) is 6.96. The maximum absolute atomic E-state index is 9.51. The normalized spacial score (nSPS) is 24.9. The minimum Gasteiger partial charge on any atom is -0.371 e. The molecule has 0 amide bonds. The molecule has 1 atom stereocenters. The van der Waals surface area contributed by atoms with Crippen molar-refractivity contribution in [1.82, 2.24) is 21.3 Å². The van der Waals surface area contributed by atoms with Crippen molar-refractivity contribution in [2.75, 3.05) is 24.7 Å². The number of anilines is 1. The molecule has 1 aromatic carbocycles. The molecule has 1 fully saturated rings. The van der Waals surface area contributed by atoms with Crippen LogP contribution in [-0.4, -0.2) is 41.9 Å². The quantitative estimate of drug-likeness (QED) is 0.246. The van der Waals surface area contributed by atoms with Gasteiger partial charge in [-0.25, -0.2) is 0 Å². The molecule has 10 heteroatoms. The smallest absolute Gasteiger partial charge is 0.201 e. The van der Waals surface area contributed by atoms with Crippen LogP contribution in [-0.2, 0) is 15.3 Å². The van der Waals surface area contributed by atoms with Gasteiger partial charge in [-0.3, -0.25) is 10.6 Å². The second-order valence-electron chi connectivity index (χ2n) is 9.67. The summed E-state index contributed by atoms with van der Waals surface area (Å²) in [6, 6.07) is 6.70. The second kappa shape index (κ2) is 9.19. The number of nitriles is 1. The number of nitrogens with one attached hydrogen (secondary N) is 3. The highest BCUT2D eigenvalue weighted by molar-refractivity contribution is 7.80. The van der Waals surface area contributed by atoms with Crippen LogP contribution in [0.1, 0.15) is 56.2 Å². The van der Waals surface area contributed by atoms with Crippen LogP contribution in [0.2, 0.25) is 0 Å². The summed E-state index contributed by atoms with van der Waals surface area (Å²) in [5, 5.41) is 20.7. The molecule has 3 N–H and O–H groups in total. The van der Waals surface area contributed by atoms with Gasteiger partial charge in [-0.2, -0.15) is 15.3 Å². The number of rotatable bonds is 6. The molecule has 178 valence electrons. The number of hydrogen-bond acceptors (Lipinski definition) is 9. The standard InChI is InChI=1S/C24H29N7O2S/c1-15-7-9-30-10-8-24(2,3)19-12-16(11-18(15)21(19)30)5-4-6-17-20(13-25)28-31(22(17)34)29-33-32-23-26-14-27-23/h4-6,11-12,15,23,26-27,29H,7-10,14H2,1-3H3/b5-4+,17-6-. The van der Waals surface area contributed by atoms with Gasteiger partial charge in [0.2, 0.25) is 6.35 Å². The van der Waals surface area contributed by atoms with E-state index in [0.717, 1.165) is 25.1 Å². The fraction of sp³-hybridized carbons (Fsp3) is 0.458. The van der Waals surface area contributed by atoms with Gasteiger partial charge < -0.3 is 4.90 Å². The summed E-state index contributed by atoms with van der Waals surface area (Å²) in [5.74, 6) is 0.539. The molecule has 9 nitrogen and oxygen atoms in total. The molecule has 0 bridgehead atoms. The number of nitrogens with zero attached hydrogens (tertiary/aromatic N) is 4. The third-order valence-corrected chi connectivity index (χ3v) is 7.35. The van der Waals surface area contributed by atoms with Crippen molar-refractivity contribution in [3.8, 4) is 6.07 Å². The Morgan fingerprint density at radius 2 is 2.15 bits per heavy atom. The Bertz CT molecular complexity index is 1130. The molecule has 1 aromatic rings. The fourth-order valence-corrected chi connectivity index (χ4v) is 4.98. The van der Waals surface area contributed by atoms with Gasteiger partial charge in [-0.1, -0.05) is 50.7 Å². The molecule has 0 saturated carbocycles. The molecule has 4 heterocycles. The SMILES string of the molecule is CC1CCN2CCC(C)(C)c3cc(/C=C/C=C4\C(=S)N(NOOC5NCN5)N=C4C#N)cc1c32. The average molecular weight is 480 g/mol. The topological polar surface area (TPSA) is 97.2 Å². The van der Waals surface area contributed by atoms with Crippen LogP contribution in [0.5, 0.6) is 0 Å². The molecule has 1 saturated heterocycles. The Kier molecular flexibility index (Phi) is 6.24. The number of hydrogen-bond donors (Lipinski definition) is 3. The molecule has 0 aliphatic carbocycles. The fourth-order valence-electron chi connectivity index (χ4n) is 4.73. The predicted octanol–water partition coefficient (Wildman–Crippen LogP) is 2.95. The van der Waals surface area contributed by atoms with E-state index in [1.54, 1.807) is 0 Å². The van der Waals surface area contributed by atoms with E-state index in [4.69, 9.17) is 22.1 Å². The third kappa shape index (κ3) is 4.27. The van der Waals surface area contributed by atoms with Crippen LogP contribution in [0.25, 0.3) is 6.08 Å².